The third-order valence-corrected chi connectivity index (χ3v) is 6.08. The molecule has 0 aromatic rings. The van der Waals surface area contributed by atoms with Crippen LogP contribution in [-0.2, 0) is 18.1 Å². The van der Waals surface area contributed by atoms with E-state index in [1.54, 1.807) is 21.3 Å². The fraction of sp³-hybridized carbons (Fsp3) is 0.857. The van der Waals surface area contributed by atoms with E-state index in [0.29, 0.717) is 19.0 Å². The highest BCUT2D eigenvalue weighted by atomic mass is 28.4. The molecule has 0 aliphatic rings. The summed E-state index contributed by atoms with van der Waals surface area (Å²) in [7, 11) is 2.32. The summed E-state index contributed by atoms with van der Waals surface area (Å²) < 4.78 is 16.0. The second-order valence-electron chi connectivity index (χ2n) is 4.72. The van der Waals surface area contributed by atoms with E-state index in [2.05, 4.69) is 18.7 Å². The zero-order chi connectivity index (χ0) is 15.3. The predicted octanol–water partition coefficient (Wildman–Crippen LogP) is 2.55. The molecular formula is C14H30NO4Si. The van der Waals surface area contributed by atoms with Crippen molar-refractivity contribution in [3.63, 3.8) is 0 Å². The lowest BCUT2D eigenvalue weighted by atomic mass is 10.1. The quantitative estimate of drug-likeness (QED) is 0.420. The Hall–Kier alpha value is -0.433. The van der Waals surface area contributed by atoms with Crippen LogP contribution in [0.5, 0.6) is 0 Å². The van der Waals surface area contributed by atoms with Gasteiger partial charge in [-0.25, -0.2) is 0 Å². The average molecular weight is 304 g/mol. The van der Waals surface area contributed by atoms with E-state index in [1.165, 1.54) is 12.8 Å². The van der Waals surface area contributed by atoms with Crippen LogP contribution in [0, 0.1) is 6.42 Å². The lowest BCUT2D eigenvalue weighted by Crippen LogP contribution is -2.43. The number of hydrogen-bond donors (Lipinski definition) is 1. The van der Waals surface area contributed by atoms with Crippen LogP contribution >= 0.6 is 0 Å². The van der Waals surface area contributed by atoms with E-state index in [9.17, 15) is 4.79 Å². The molecule has 20 heavy (non-hydrogen) atoms. The van der Waals surface area contributed by atoms with Crippen LogP contribution in [0.1, 0.15) is 45.4 Å². The molecule has 0 unspecified atom stereocenters. The Balaban J connectivity index is 3.61. The number of hydrogen-bond acceptors (Lipinski definition) is 4. The predicted molar refractivity (Wildman–Crippen MR) is 82.3 cm³/mol. The largest absolute Gasteiger partial charge is 0.500 e. The third-order valence-electron chi connectivity index (χ3n) is 3.25. The van der Waals surface area contributed by atoms with Crippen LogP contribution in [0.25, 0.3) is 0 Å². The highest BCUT2D eigenvalue weighted by Gasteiger charge is 2.36. The van der Waals surface area contributed by atoms with Crippen molar-refractivity contribution in [2.24, 2.45) is 0 Å². The number of carbonyl (C=O) groups excluding carboxylic acids is 1. The maximum atomic E-state index is 11.6. The molecule has 0 spiro atoms. The molecule has 0 fully saturated rings. The van der Waals surface area contributed by atoms with Crippen molar-refractivity contribution in [1.29, 1.82) is 0 Å². The number of unbranched alkanes of at least 4 members (excludes halogenated alkanes) is 4. The molecule has 0 bridgehead atoms. The number of amides is 1. The van der Waals surface area contributed by atoms with E-state index < -0.39 is 8.80 Å². The Morgan fingerprint density at radius 3 is 2.30 bits per heavy atom. The smallest absolute Gasteiger partial charge is 0.377 e. The molecule has 0 saturated heterocycles. The molecule has 1 N–H and O–H groups in total. The van der Waals surface area contributed by atoms with Gasteiger partial charge >= 0.3 is 8.80 Å². The molecule has 5 nitrogen and oxygen atoms in total. The summed E-state index contributed by atoms with van der Waals surface area (Å²) in [6.07, 6.45) is 7.94. The van der Waals surface area contributed by atoms with Gasteiger partial charge in [0.05, 0.1) is 0 Å². The molecule has 0 aromatic carbocycles. The van der Waals surface area contributed by atoms with Crippen molar-refractivity contribution >= 4 is 14.7 Å². The van der Waals surface area contributed by atoms with Crippen LogP contribution in [-0.4, -0.2) is 42.6 Å². The summed E-state index contributed by atoms with van der Waals surface area (Å²) in [4.78, 5) is 11.6. The fourth-order valence-corrected chi connectivity index (χ4v) is 3.63. The molecule has 0 aliphatic heterocycles. The summed E-state index contributed by atoms with van der Waals surface area (Å²) in [6.45, 7) is 2.81. The van der Waals surface area contributed by atoms with Gasteiger partial charge in [0.15, 0.2) is 0 Å². The first-order chi connectivity index (χ1) is 9.64. The van der Waals surface area contributed by atoms with Gasteiger partial charge in [0.2, 0.25) is 5.91 Å². The summed E-state index contributed by atoms with van der Waals surface area (Å²) in [5.74, 6) is 0.109. The monoisotopic (exact) mass is 304 g/mol. The normalized spacial score (nSPS) is 11.6. The Morgan fingerprint density at radius 1 is 1.10 bits per heavy atom. The Bertz CT molecular complexity index is 239. The molecule has 0 aliphatic carbocycles. The van der Waals surface area contributed by atoms with Crippen LogP contribution in [0.2, 0.25) is 6.04 Å². The van der Waals surface area contributed by atoms with Crippen LogP contribution in [0.15, 0.2) is 0 Å². The third kappa shape index (κ3) is 8.68. The minimum Gasteiger partial charge on any atom is -0.377 e. The Kier molecular flexibility index (Phi) is 12.1. The number of carbonyl (C=O) groups is 1. The van der Waals surface area contributed by atoms with E-state index in [-0.39, 0.29) is 5.91 Å². The SMILES string of the molecule is CCCC[CH]CCC(=O)NCCC[Si](OC)(OC)OC. The molecule has 1 amide bonds. The lowest BCUT2D eigenvalue weighted by Gasteiger charge is -2.24. The van der Waals surface area contributed by atoms with Gasteiger partial charge in [0, 0.05) is 40.3 Å². The van der Waals surface area contributed by atoms with Crippen LogP contribution < -0.4 is 5.32 Å². The van der Waals surface area contributed by atoms with Crippen LogP contribution in [0.4, 0.5) is 0 Å². The van der Waals surface area contributed by atoms with Crippen LogP contribution in [0.3, 0.4) is 0 Å². The minimum absolute atomic E-state index is 0.109. The Labute approximate surface area is 124 Å². The van der Waals surface area contributed by atoms with Crippen molar-refractivity contribution in [3.05, 3.63) is 6.42 Å². The van der Waals surface area contributed by atoms with Crippen molar-refractivity contribution in [2.45, 2.75) is 51.5 Å². The highest BCUT2D eigenvalue weighted by Crippen LogP contribution is 2.14. The van der Waals surface area contributed by atoms with E-state index in [4.69, 9.17) is 13.3 Å². The van der Waals surface area contributed by atoms with Gasteiger partial charge in [-0.15, -0.1) is 0 Å². The van der Waals surface area contributed by atoms with Gasteiger partial charge in [-0.3, -0.25) is 4.79 Å². The average Bonchev–Trinajstić information content (AvgIpc) is 2.48. The molecule has 119 valence electrons. The summed E-state index contributed by atoms with van der Waals surface area (Å²) in [5.41, 5.74) is 0. The first-order valence-corrected chi connectivity index (χ1v) is 9.31. The van der Waals surface area contributed by atoms with Crippen molar-refractivity contribution < 1.29 is 18.1 Å². The highest BCUT2D eigenvalue weighted by molar-refractivity contribution is 6.60. The maximum Gasteiger partial charge on any atom is 0.500 e. The number of nitrogens with one attached hydrogen (secondary N) is 1. The first kappa shape index (κ1) is 19.6. The minimum atomic E-state index is -2.49. The van der Waals surface area contributed by atoms with Gasteiger partial charge in [-0.05, 0) is 19.3 Å². The summed E-state index contributed by atoms with van der Waals surface area (Å²) >= 11 is 0. The Morgan fingerprint density at radius 2 is 1.75 bits per heavy atom. The van der Waals surface area contributed by atoms with Gasteiger partial charge < -0.3 is 18.6 Å². The molecular weight excluding hydrogens is 274 g/mol. The molecule has 0 aromatic heterocycles. The second kappa shape index (κ2) is 12.3. The zero-order valence-corrected chi connectivity index (χ0v) is 14.4. The lowest BCUT2D eigenvalue weighted by molar-refractivity contribution is -0.121. The van der Waals surface area contributed by atoms with Gasteiger partial charge in [0.1, 0.15) is 0 Å². The van der Waals surface area contributed by atoms with Gasteiger partial charge in [-0.2, -0.15) is 0 Å². The van der Waals surface area contributed by atoms with Crippen molar-refractivity contribution in [2.75, 3.05) is 27.9 Å². The van der Waals surface area contributed by atoms with Gasteiger partial charge in [-0.1, -0.05) is 26.2 Å². The van der Waals surface area contributed by atoms with E-state index in [1.807, 2.05) is 0 Å². The van der Waals surface area contributed by atoms with E-state index in [0.717, 1.165) is 19.3 Å². The zero-order valence-electron chi connectivity index (χ0n) is 13.4. The van der Waals surface area contributed by atoms with Gasteiger partial charge in [0.25, 0.3) is 0 Å². The molecule has 0 heterocycles. The van der Waals surface area contributed by atoms with Crippen molar-refractivity contribution in [1.82, 2.24) is 5.32 Å². The topological polar surface area (TPSA) is 56.8 Å². The molecule has 0 atom stereocenters. The fourth-order valence-electron chi connectivity index (χ4n) is 1.90. The summed E-state index contributed by atoms with van der Waals surface area (Å²) in [6, 6.07) is 0.708. The first-order valence-electron chi connectivity index (χ1n) is 7.38. The standard InChI is InChI=1S/C14H30NO4Si/c1-5-6-7-8-9-11-14(16)15-12-10-13-20(17-2,18-3)19-4/h8H,5-7,9-13H2,1-4H3,(H,15,16). The van der Waals surface area contributed by atoms with E-state index >= 15 is 0 Å². The second-order valence-corrected chi connectivity index (χ2v) is 7.81. The molecule has 0 saturated carbocycles. The maximum absolute atomic E-state index is 11.6. The summed E-state index contributed by atoms with van der Waals surface area (Å²) in [5, 5.41) is 2.92. The molecule has 0 rings (SSSR count). The molecule has 1 radical (unpaired) electrons. The molecule has 6 heteroatoms. The van der Waals surface area contributed by atoms with Crippen molar-refractivity contribution in [3.8, 4) is 0 Å². The number of rotatable bonds is 13.